The van der Waals surface area contributed by atoms with Crippen molar-refractivity contribution in [3.63, 3.8) is 0 Å². The molecule has 2 saturated carbocycles. The summed E-state index contributed by atoms with van der Waals surface area (Å²) in [5, 5.41) is 8.42. The second-order valence-corrected chi connectivity index (χ2v) is 3.51. The molecule has 0 saturated heterocycles. The maximum Gasteiger partial charge on any atom is 0.0761 e. The summed E-state index contributed by atoms with van der Waals surface area (Å²) in [5.74, 6) is 1.93. The molecule has 0 spiro atoms. The Morgan fingerprint density at radius 3 is 1.78 bits per heavy atom. The number of azo groups is 1. The summed E-state index contributed by atoms with van der Waals surface area (Å²) in [6.07, 6.45) is 4.16. The molecule has 3 aliphatic rings. The molecule has 0 amide bonds. The highest BCUT2D eigenvalue weighted by Crippen LogP contribution is 2.52. The molecule has 0 radical (unpaired) electrons. The standard InChI is InChI=1S/C7H10N2/c1-2-5-4(1)6-3-7(5)9-8-6/h4-7H,1-3H2/t4-,5+,6+,7-. The zero-order valence-electron chi connectivity index (χ0n) is 5.33. The van der Waals surface area contributed by atoms with Gasteiger partial charge in [-0.3, -0.25) is 0 Å². The second-order valence-electron chi connectivity index (χ2n) is 3.51. The molecule has 0 unspecified atom stereocenters. The van der Waals surface area contributed by atoms with Gasteiger partial charge in [-0.05, 0) is 31.1 Å². The molecule has 3 rings (SSSR count). The summed E-state index contributed by atoms with van der Waals surface area (Å²) < 4.78 is 0. The maximum atomic E-state index is 4.21. The monoisotopic (exact) mass is 122 g/mol. The van der Waals surface area contributed by atoms with E-state index < -0.39 is 0 Å². The van der Waals surface area contributed by atoms with E-state index in [-0.39, 0.29) is 0 Å². The first-order valence-corrected chi connectivity index (χ1v) is 3.85. The van der Waals surface area contributed by atoms with Crippen LogP contribution in [-0.4, -0.2) is 12.1 Å². The van der Waals surface area contributed by atoms with Crippen LogP contribution in [0.1, 0.15) is 19.3 Å². The van der Waals surface area contributed by atoms with E-state index in [1.54, 1.807) is 0 Å². The van der Waals surface area contributed by atoms with E-state index in [1.165, 1.54) is 19.3 Å². The van der Waals surface area contributed by atoms with E-state index in [0.717, 1.165) is 11.8 Å². The molecule has 1 aliphatic heterocycles. The van der Waals surface area contributed by atoms with Crippen LogP contribution in [0.4, 0.5) is 0 Å². The van der Waals surface area contributed by atoms with Crippen LogP contribution in [0.5, 0.6) is 0 Å². The van der Waals surface area contributed by atoms with Crippen molar-refractivity contribution in [3.8, 4) is 0 Å². The SMILES string of the molecule is C1C[C@H]2[C@@H]1[C@@H]1C[C@H]2N=N1. The molecule has 2 bridgehead atoms. The van der Waals surface area contributed by atoms with Crippen LogP contribution >= 0.6 is 0 Å². The molecule has 2 aliphatic carbocycles. The van der Waals surface area contributed by atoms with Crippen LogP contribution in [0.3, 0.4) is 0 Å². The summed E-state index contributed by atoms with van der Waals surface area (Å²) in [5.41, 5.74) is 0. The third-order valence-corrected chi connectivity index (χ3v) is 3.22. The first-order valence-electron chi connectivity index (χ1n) is 3.85. The van der Waals surface area contributed by atoms with Crippen molar-refractivity contribution < 1.29 is 0 Å². The third-order valence-electron chi connectivity index (χ3n) is 3.22. The van der Waals surface area contributed by atoms with E-state index in [9.17, 15) is 0 Å². The number of nitrogens with zero attached hydrogens (tertiary/aromatic N) is 2. The Morgan fingerprint density at radius 1 is 0.889 bits per heavy atom. The van der Waals surface area contributed by atoms with Crippen LogP contribution in [-0.2, 0) is 0 Å². The Hall–Kier alpha value is -0.400. The maximum absolute atomic E-state index is 4.21. The first-order chi connectivity index (χ1) is 4.45. The molecule has 9 heavy (non-hydrogen) atoms. The van der Waals surface area contributed by atoms with Gasteiger partial charge in [0.1, 0.15) is 0 Å². The van der Waals surface area contributed by atoms with Gasteiger partial charge in [0.15, 0.2) is 0 Å². The predicted molar refractivity (Wildman–Crippen MR) is 33.3 cm³/mol. The average molecular weight is 122 g/mol. The van der Waals surface area contributed by atoms with Crippen molar-refractivity contribution in [3.05, 3.63) is 0 Å². The molecular formula is C7H10N2. The van der Waals surface area contributed by atoms with Gasteiger partial charge in [0.05, 0.1) is 12.1 Å². The molecule has 4 atom stereocenters. The highest BCUT2D eigenvalue weighted by atomic mass is 15.2. The minimum atomic E-state index is 0.661. The van der Waals surface area contributed by atoms with E-state index in [4.69, 9.17) is 0 Å². The van der Waals surface area contributed by atoms with Gasteiger partial charge in [-0.25, -0.2) is 0 Å². The Balaban J connectivity index is 2.03. The van der Waals surface area contributed by atoms with Crippen LogP contribution in [0.2, 0.25) is 0 Å². The highest BCUT2D eigenvalue weighted by molar-refractivity contribution is 5.06. The lowest BCUT2D eigenvalue weighted by atomic mass is 9.73. The fourth-order valence-corrected chi connectivity index (χ4v) is 2.54. The number of fused-ring (bicyclic) bond motifs is 5. The normalized spacial score (nSPS) is 59.6. The van der Waals surface area contributed by atoms with Gasteiger partial charge in [-0.2, -0.15) is 10.2 Å². The summed E-state index contributed by atoms with van der Waals surface area (Å²) >= 11 is 0. The molecule has 0 aromatic heterocycles. The lowest BCUT2D eigenvalue weighted by Crippen LogP contribution is -2.32. The molecule has 1 heterocycles. The van der Waals surface area contributed by atoms with Crippen molar-refractivity contribution in [1.82, 2.24) is 0 Å². The Labute approximate surface area is 54.4 Å². The summed E-state index contributed by atoms with van der Waals surface area (Å²) in [6.45, 7) is 0. The number of hydrogen-bond donors (Lipinski definition) is 0. The molecule has 0 N–H and O–H groups in total. The smallest absolute Gasteiger partial charge is 0.0761 e. The van der Waals surface area contributed by atoms with E-state index in [0.29, 0.717) is 12.1 Å². The fourth-order valence-electron chi connectivity index (χ4n) is 2.54. The molecule has 2 fully saturated rings. The van der Waals surface area contributed by atoms with Gasteiger partial charge in [0.2, 0.25) is 0 Å². The van der Waals surface area contributed by atoms with Crippen molar-refractivity contribution in [2.75, 3.05) is 0 Å². The quantitative estimate of drug-likeness (QED) is 0.466. The van der Waals surface area contributed by atoms with Crippen LogP contribution < -0.4 is 0 Å². The topological polar surface area (TPSA) is 24.7 Å². The lowest BCUT2D eigenvalue weighted by Gasteiger charge is -2.35. The Bertz CT molecular complexity index is 158. The predicted octanol–water partition coefficient (Wildman–Crippen LogP) is 1.62. The van der Waals surface area contributed by atoms with Crippen molar-refractivity contribution in [2.24, 2.45) is 22.1 Å². The zero-order valence-corrected chi connectivity index (χ0v) is 5.33. The fraction of sp³-hybridized carbons (Fsp3) is 1.00. The van der Waals surface area contributed by atoms with E-state index in [2.05, 4.69) is 10.2 Å². The summed E-state index contributed by atoms with van der Waals surface area (Å²) in [4.78, 5) is 0. The molecule has 0 aromatic carbocycles. The summed E-state index contributed by atoms with van der Waals surface area (Å²) in [7, 11) is 0. The number of rotatable bonds is 0. The molecule has 2 heteroatoms. The number of hydrogen-bond acceptors (Lipinski definition) is 2. The Morgan fingerprint density at radius 2 is 1.44 bits per heavy atom. The largest absolute Gasteiger partial charge is 0.190 e. The van der Waals surface area contributed by atoms with Crippen molar-refractivity contribution in [2.45, 2.75) is 31.3 Å². The summed E-state index contributed by atoms with van der Waals surface area (Å²) in [6, 6.07) is 1.32. The second kappa shape index (κ2) is 1.20. The molecule has 2 nitrogen and oxygen atoms in total. The van der Waals surface area contributed by atoms with Crippen LogP contribution in [0.15, 0.2) is 10.2 Å². The molecule has 48 valence electrons. The van der Waals surface area contributed by atoms with Crippen molar-refractivity contribution in [1.29, 1.82) is 0 Å². The zero-order chi connectivity index (χ0) is 5.84. The van der Waals surface area contributed by atoms with Gasteiger partial charge in [0.25, 0.3) is 0 Å². The lowest BCUT2D eigenvalue weighted by molar-refractivity contribution is 0.167. The first kappa shape index (κ1) is 4.42. The Kier molecular flexibility index (Phi) is 0.590. The van der Waals surface area contributed by atoms with E-state index in [1.807, 2.05) is 0 Å². The van der Waals surface area contributed by atoms with Gasteiger partial charge < -0.3 is 0 Å². The minimum Gasteiger partial charge on any atom is -0.190 e. The van der Waals surface area contributed by atoms with Gasteiger partial charge in [0, 0.05) is 0 Å². The van der Waals surface area contributed by atoms with Gasteiger partial charge >= 0.3 is 0 Å². The van der Waals surface area contributed by atoms with Gasteiger partial charge in [-0.1, -0.05) is 0 Å². The van der Waals surface area contributed by atoms with Crippen molar-refractivity contribution >= 4 is 0 Å². The van der Waals surface area contributed by atoms with Crippen LogP contribution in [0.25, 0.3) is 0 Å². The van der Waals surface area contributed by atoms with Crippen LogP contribution in [0, 0.1) is 11.8 Å². The van der Waals surface area contributed by atoms with E-state index >= 15 is 0 Å². The molecule has 0 aromatic rings. The third kappa shape index (κ3) is 0.364. The minimum absolute atomic E-state index is 0.661. The van der Waals surface area contributed by atoms with Gasteiger partial charge in [-0.15, -0.1) is 0 Å². The highest BCUT2D eigenvalue weighted by Gasteiger charge is 2.51. The average Bonchev–Trinajstić information content (AvgIpc) is 2.18. The molecular weight excluding hydrogens is 112 g/mol.